The molecule has 1 aliphatic rings. The summed E-state index contributed by atoms with van der Waals surface area (Å²) in [5.74, 6) is 2.20. The molecule has 0 spiro atoms. The summed E-state index contributed by atoms with van der Waals surface area (Å²) in [6.07, 6.45) is 2.96. The fourth-order valence-electron chi connectivity index (χ4n) is 3.71. The zero-order chi connectivity index (χ0) is 21.2. The molecule has 2 aromatic rings. The van der Waals surface area contributed by atoms with Crippen molar-refractivity contribution in [3.05, 3.63) is 5.82 Å². The molecule has 2 heterocycles. The highest BCUT2D eigenvalue weighted by Gasteiger charge is 2.27. The van der Waals surface area contributed by atoms with Crippen molar-refractivity contribution in [2.24, 2.45) is 7.05 Å². The lowest BCUT2D eigenvalue weighted by Crippen LogP contribution is -2.20. The average molecular weight is 427 g/mol. The third kappa shape index (κ3) is 5.34. The van der Waals surface area contributed by atoms with Crippen LogP contribution in [0.4, 0.5) is 11.8 Å². The van der Waals surface area contributed by atoms with Crippen molar-refractivity contribution in [1.29, 1.82) is 0 Å². The number of imidazole rings is 1. The Hall–Kier alpha value is -1.98. The van der Waals surface area contributed by atoms with Crippen molar-refractivity contribution in [3.63, 3.8) is 0 Å². The first-order valence-electron chi connectivity index (χ1n) is 9.93. The van der Waals surface area contributed by atoms with E-state index in [0.717, 1.165) is 36.3 Å². The van der Waals surface area contributed by atoms with Gasteiger partial charge in [-0.05, 0) is 25.7 Å². The van der Waals surface area contributed by atoms with Crippen molar-refractivity contribution in [2.45, 2.75) is 57.6 Å². The molecule has 1 saturated carbocycles. The molecule has 29 heavy (non-hydrogen) atoms. The number of rotatable bonds is 9. The van der Waals surface area contributed by atoms with E-state index in [1.165, 1.54) is 0 Å². The third-order valence-corrected chi connectivity index (χ3v) is 5.92. The first-order chi connectivity index (χ1) is 13.7. The van der Waals surface area contributed by atoms with E-state index in [4.69, 9.17) is 14.3 Å². The number of anilines is 2. The maximum Gasteiger partial charge on any atom is 0.264 e. The van der Waals surface area contributed by atoms with Crippen molar-refractivity contribution in [2.75, 3.05) is 30.0 Å². The number of hydrogen-bond acceptors (Lipinski definition) is 8. The topological polar surface area (TPSA) is 131 Å². The average Bonchev–Trinajstić information content (AvgIpc) is 3.22. The summed E-state index contributed by atoms with van der Waals surface area (Å²) in [4.78, 5) is 13.9. The smallest absolute Gasteiger partial charge is 0.264 e. The Labute approximate surface area is 171 Å². The van der Waals surface area contributed by atoms with Crippen LogP contribution in [-0.4, -0.2) is 64.0 Å². The van der Waals surface area contributed by atoms with Crippen LogP contribution in [0.25, 0.3) is 11.2 Å². The third-order valence-electron chi connectivity index (χ3n) is 5.12. The molecular formula is C18H30N6O4S. The summed E-state index contributed by atoms with van der Waals surface area (Å²) in [7, 11) is -0.174. The van der Waals surface area contributed by atoms with Crippen LogP contribution in [0.3, 0.4) is 0 Å². The van der Waals surface area contributed by atoms with Gasteiger partial charge in [0.2, 0.25) is 5.95 Å². The van der Waals surface area contributed by atoms with E-state index in [0.29, 0.717) is 18.4 Å². The van der Waals surface area contributed by atoms with Gasteiger partial charge in [-0.25, -0.2) is 4.98 Å². The van der Waals surface area contributed by atoms with Crippen molar-refractivity contribution >= 4 is 33.0 Å². The number of hydrogen-bond donors (Lipinski definition) is 3. The highest BCUT2D eigenvalue weighted by molar-refractivity contribution is 7.85. The van der Waals surface area contributed by atoms with Gasteiger partial charge in [-0.1, -0.05) is 13.8 Å². The SMILES string of the molecule is CNc1nc(NC2CCC(OCCCS(=O)(=O)O)C2)c2nc(C(C)C)n(C)c2n1. The number of ether oxygens (including phenoxy) is 1. The van der Waals surface area contributed by atoms with Gasteiger partial charge in [0.05, 0.1) is 11.9 Å². The zero-order valence-electron chi connectivity index (χ0n) is 17.3. The van der Waals surface area contributed by atoms with Gasteiger partial charge in [-0.15, -0.1) is 0 Å². The van der Waals surface area contributed by atoms with Gasteiger partial charge in [0.15, 0.2) is 17.0 Å². The van der Waals surface area contributed by atoms with E-state index < -0.39 is 10.1 Å². The molecule has 2 unspecified atom stereocenters. The lowest BCUT2D eigenvalue weighted by Gasteiger charge is -2.15. The second-order valence-electron chi connectivity index (χ2n) is 7.79. The fourth-order valence-corrected chi connectivity index (χ4v) is 4.20. The molecule has 3 rings (SSSR count). The van der Waals surface area contributed by atoms with Crippen LogP contribution in [-0.2, 0) is 21.9 Å². The van der Waals surface area contributed by atoms with E-state index >= 15 is 0 Å². The molecule has 162 valence electrons. The summed E-state index contributed by atoms with van der Waals surface area (Å²) >= 11 is 0. The summed E-state index contributed by atoms with van der Waals surface area (Å²) < 4.78 is 38.1. The first kappa shape index (κ1) is 21.7. The monoisotopic (exact) mass is 426 g/mol. The molecule has 10 nitrogen and oxygen atoms in total. The van der Waals surface area contributed by atoms with Gasteiger partial charge < -0.3 is 19.9 Å². The molecule has 0 aromatic carbocycles. The molecule has 0 saturated heterocycles. The second-order valence-corrected chi connectivity index (χ2v) is 9.36. The summed E-state index contributed by atoms with van der Waals surface area (Å²) in [6.45, 7) is 4.51. The van der Waals surface area contributed by atoms with Crippen molar-refractivity contribution in [3.8, 4) is 0 Å². The number of fused-ring (bicyclic) bond motifs is 1. The van der Waals surface area contributed by atoms with Crippen LogP contribution in [0.2, 0.25) is 0 Å². The van der Waals surface area contributed by atoms with Gasteiger partial charge >= 0.3 is 0 Å². The Morgan fingerprint density at radius 3 is 2.69 bits per heavy atom. The maximum absolute atomic E-state index is 10.8. The Morgan fingerprint density at radius 1 is 1.28 bits per heavy atom. The summed E-state index contributed by atoms with van der Waals surface area (Å²) in [5, 5.41) is 6.51. The molecule has 2 aromatic heterocycles. The zero-order valence-corrected chi connectivity index (χ0v) is 18.2. The molecule has 3 N–H and O–H groups in total. The Balaban J connectivity index is 1.68. The Bertz CT molecular complexity index is 959. The molecule has 1 aliphatic carbocycles. The van der Waals surface area contributed by atoms with Crippen molar-refractivity contribution in [1.82, 2.24) is 19.5 Å². The molecule has 11 heteroatoms. The lowest BCUT2D eigenvalue weighted by atomic mass is 10.2. The van der Waals surface area contributed by atoms with Gasteiger partial charge in [0.25, 0.3) is 10.1 Å². The minimum absolute atomic E-state index is 0.0601. The number of nitrogens with one attached hydrogen (secondary N) is 2. The summed E-state index contributed by atoms with van der Waals surface area (Å²) in [6, 6.07) is 0.189. The lowest BCUT2D eigenvalue weighted by molar-refractivity contribution is 0.0585. The van der Waals surface area contributed by atoms with Gasteiger partial charge in [-0.3, -0.25) is 4.55 Å². The Kier molecular flexibility index (Phi) is 6.59. The van der Waals surface area contributed by atoms with E-state index in [1.807, 2.05) is 11.6 Å². The normalized spacial score (nSPS) is 19.9. The van der Waals surface area contributed by atoms with E-state index in [-0.39, 0.29) is 30.2 Å². The predicted octanol–water partition coefficient (Wildman–Crippen LogP) is 2.16. The quantitative estimate of drug-likeness (QED) is 0.407. The van der Waals surface area contributed by atoms with E-state index in [1.54, 1.807) is 7.05 Å². The van der Waals surface area contributed by atoms with Crippen molar-refractivity contribution < 1.29 is 17.7 Å². The van der Waals surface area contributed by atoms with Crippen LogP contribution in [0.1, 0.15) is 51.3 Å². The highest BCUT2D eigenvalue weighted by Crippen LogP contribution is 2.29. The second kappa shape index (κ2) is 8.80. The molecule has 0 amide bonds. The summed E-state index contributed by atoms with van der Waals surface area (Å²) in [5.41, 5.74) is 1.54. The fraction of sp³-hybridized carbons (Fsp3) is 0.722. The van der Waals surface area contributed by atoms with E-state index in [2.05, 4.69) is 34.4 Å². The molecule has 2 atom stereocenters. The van der Waals surface area contributed by atoms with Gasteiger partial charge in [0, 0.05) is 32.7 Å². The largest absolute Gasteiger partial charge is 0.378 e. The van der Waals surface area contributed by atoms with Gasteiger partial charge in [0.1, 0.15) is 5.82 Å². The molecule has 0 radical (unpaired) electrons. The van der Waals surface area contributed by atoms with Crippen LogP contribution in [0.15, 0.2) is 0 Å². The highest BCUT2D eigenvalue weighted by atomic mass is 32.2. The molecule has 1 fully saturated rings. The standard InChI is InChI=1S/C18H30N6O4S/c1-11(2)16-21-14-15(22-18(19-3)23-17(14)24(16)4)20-12-6-7-13(10-12)28-8-5-9-29(25,26)27/h11-13H,5-10H2,1-4H3,(H,25,26,27)(H2,19,20,22,23). The number of aromatic nitrogens is 4. The van der Waals surface area contributed by atoms with Crippen LogP contribution >= 0.6 is 0 Å². The van der Waals surface area contributed by atoms with E-state index in [9.17, 15) is 8.42 Å². The first-order valence-corrected chi connectivity index (χ1v) is 11.5. The Morgan fingerprint density at radius 2 is 2.03 bits per heavy atom. The van der Waals surface area contributed by atoms with Crippen LogP contribution in [0.5, 0.6) is 0 Å². The maximum atomic E-state index is 10.8. The minimum atomic E-state index is -3.93. The minimum Gasteiger partial charge on any atom is -0.378 e. The van der Waals surface area contributed by atoms with Gasteiger partial charge in [-0.2, -0.15) is 18.4 Å². The molecular weight excluding hydrogens is 396 g/mol. The predicted molar refractivity (Wildman–Crippen MR) is 112 cm³/mol. The number of aryl methyl sites for hydroxylation is 1. The van der Waals surface area contributed by atoms with Crippen LogP contribution < -0.4 is 10.6 Å². The molecule has 0 aliphatic heterocycles. The molecule has 0 bridgehead atoms. The number of nitrogens with zero attached hydrogens (tertiary/aromatic N) is 4. The van der Waals surface area contributed by atoms with Crippen LogP contribution in [0, 0.1) is 0 Å².